The van der Waals surface area contributed by atoms with E-state index in [1.54, 1.807) is 0 Å². The molecule has 0 radical (unpaired) electrons. The summed E-state index contributed by atoms with van der Waals surface area (Å²) in [5.41, 5.74) is 1.37. The molecule has 0 amide bonds. The summed E-state index contributed by atoms with van der Waals surface area (Å²) in [5, 5.41) is 0.744. The minimum atomic E-state index is 0.670. The van der Waals surface area contributed by atoms with E-state index in [0.717, 1.165) is 17.2 Å². The van der Waals surface area contributed by atoms with Gasteiger partial charge in [0.25, 0.3) is 0 Å². The lowest BCUT2D eigenvalue weighted by Gasteiger charge is -2.17. The van der Waals surface area contributed by atoms with Crippen molar-refractivity contribution in [2.45, 2.75) is 24.7 Å². The lowest BCUT2D eigenvalue weighted by Crippen LogP contribution is -2.00. The van der Waals surface area contributed by atoms with Crippen molar-refractivity contribution in [1.29, 1.82) is 0 Å². The first-order valence-corrected chi connectivity index (χ1v) is 6.25. The molecule has 1 nitrogen and oxygen atoms in total. The van der Waals surface area contributed by atoms with E-state index in [9.17, 15) is 0 Å². The molecule has 0 aromatic heterocycles. The molecule has 0 saturated carbocycles. The molecule has 1 heterocycles. The summed E-state index contributed by atoms with van der Waals surface area (Å²) in [6.07, 6.45) is 2.40. The normalized spacial score (nSPS) is 15.0. The number of benzene rings is 1. The zero-order valence-corrected chi connectivity index (χ0v) is 9.75. The molecule has 1 aliphatic heterocycles. The summed E-state index contributed by atoms with van der Waals surface area (Å²) in [5.74, 6) is 2.03. The Balaban J connectivity index is 2.35. The van der Waals surface area contributed by atoms with Crippen LogP contribution in [0.15, 0.2) is 17.0 Å². The SMILES string of the molecule is CCOc1cc2c(cc1Cl)CCCS2. The van der Waals surface area contributed by atoms with Crippen molar-refractivity contribution in [1.82, 2.24) is 0 Å². The summed E-state index contributed by atoms with van der Waals surface area (Å²) in [4.78, 5) is 1.34. The summed E-state index contributed by atoms with van der Waals surface area (Å²) in [6, 6.07) is 4.12. The fourth-order valence-corrected chi connectivity index (χ4v) is 2.90. The average Bonchev–Trinajstić information content (AvgIpc) is 2.19. The highest BCUT2D eigenvalue weighted by molar-refractivity contribution is 7.99. The topological polar surface area (TPSA) is 9.23 Å². The van der Waals surface area contributed by atoms with Crippen LogP contribution in [-0.2, 0) is 6.42 Å². The lowest BCUT2D eigenvalue weighted by atomic mass is 10.1. The first-order chi connectivity index (χ1) is 6.81. The lowest BCUT2D eigenvalue weighted by molar-refractivity contribution is 0.339. The van der Waals surface area contributed by atoms with Crippen molar-refractivity contribution in [2.24, 2.45) is 0 Å². The largest absolute Gasteiger partial charge is 0.492 e. The number of thioether (sulfide) groups is 1. The smallest absolute Gasteiger partial charge is 0.138 e. The van der Waals surface area contributed by atoms with Gasteiger partial charge in [-0.2, -0.15) is 0 Å². The van der Waals surface area contributed by atoms with Crippen LogP contribution in [0.4, 0.5) is 0 Å². The number of fused-ring (bicyclic) bond motifs is 1. The van der Waals surface area contributed by atoms with Gasteiger partial charge in [-0.05, 0) is 43.2 Å². The predicted molar refractivity (Wildman–Crippen MR) is 61.7 cm³/mol. The molecule has 76 valence electrons. The zero-order valence-electron chi connectivity index (χ0n) is 8.18. The molecule has 0 atom stereocenters. The predicted octanol–water partition coefficient (Wildman–Crippen LogP) is 3.78. The van der Waals surface area contributed by atoms with Gasteiger partial charge in [-0.3, -0.25) is 0 Å². The minimum Gasteiger partial charge on any atom is -0.492 e. The van der Waals surface area contributed by atoms with Gasteiger partial charge in [-0.15, -0.1) is 11.8 Å². The number of ether oxygens (including phenoxy) is 1. The number of halogens is 1. The minimum absolute atomic E-state index is 0.670. The summed E-state index contributed by atoms with van der Waals surface area (Å²) in [7, 11) is 0. The van der Waals surface area contributed by atoms with Crippen molar-refractivity contribution in [3.05, 3.63) is 22.7 Å². The van der Waals surface area contributed by atoms with Gasteiger partial charge in [-0.25, -0.2) is 0 Å². The van der Waals surface area contributed by atoms with Crippen molar-refractivity contribution in [3.63, 3.8) is 0 Å². The van der Waals surface area contributed by atoms with Crippen LogP contribution in [0.25, 0.3) is 0 Å². The van der Waals surface area contributed by atoms with Crippen LogP contribution >= 0.6 is 23.4 Å². The average molecular weight is 229 g/mol. The number of hydrogen-bond donors (Lipinski definition) is 0. The van der Waals surface area contributed by atoms with Crippen molar-refractivity contribution in [3.8, 4) is 5.75 Å². The molecule has 0 fully saturated rings. The van der Waals surface area contributed by atoms with Gasteiger partial charge in [0.2, 0.25) is 0 Å². The quantitative estimate of drug-likeness (QED) is 0.762. The van der Waals surface area contributed by atoms with Gasteiger partial charge in [-0.1, -0.05) is 11.6 Å². The van der Waals surface area contributed by atoms with Crippen LogP contribution < -0.4 is 4.74 Å². The first-order valence-electron chi connectivity index (χ1n) is 4.89. The molecule has 1 aromatic carbocycles. The fourth-order valence-electron chi connectivity index (χ4n) is 1.62. The van der Waals surface area contributed by atoms with Gasteiger partial charge in [0.1, 0.15) is 5.75 Å². The van der Waals surface area contributed by atoms with E-state index in [-0.39, 0.29) is 0 Å². The highest BCUT2D eigenvalue weighted by Gasteiger charge is 2.13. The highest BCUT2D eigenvalue weighted by Crippen LogP contribution is 2.37. The third-order valence-corrected chi connectivity index (χ3v) is 3.74. The maximum atomic E-state index is 6.11. The van der Waals surface area contributed by atoms with E-state index in [0.29, 0.717) is 6.61 Å². The molecule has 2 rings (SSSR count). The standard InChI is InChI=1S/C11H13ClOS/c1-2-13-10-7-11-8(6-9(10)12)4-3-5-14-11/h6-7H,2-5H2,1H3. The van der Waals surface area contributed by atoms with Crippen molar-refractivity contribution in [2.75, 3.05) is 12.4 Å². The molecule has 0 unspecified atom stereocenters. The molecule has 1 aromatic rings. The summed E-state index contributed by atoms with van der Waals surface area (Å²) >= 11 is 8.00. The molecule has 0 aliphatic carbocycles. The summed E-state index contributed by atoms with van der Waals surface area (Å²) in [6.45, 7) is 2.64. The zero-order chi connectivity index (χ0) is 9.97. The van der Waals surface area contributed by atoms with Crippen LogP contribution in [0.5, 0.6) is 5.75 Å². The second-order valence-corrected chi connectivity index (χ2v) is 4.82. The Morgan fingerprint density at radius 3 is 3.14 bits per heavy atom. The molecular formula is C11H13ClOS. The highest BCUT2D eigenvalue weighted by atomic mass is 35.5. The van der Waals surface area contributed by atoms with E-state index < -0.39 is 0 Å². The van der Waals surface area contributed by atoms with E-state index in [1.165, 1.54) is 22.6 Å². The molecule has 0 N–H and O–H groups in total. The second-order valence-electron chi connectivity index (χ2n) is 3.28. The van der Waals surface area contributed by atoms with Gasteiger partial charge in [0.05, 0.1) is 11.6 Å². The van der Waals surface area contributed by atoms with Gasteiger partial charge in [0, 0.05) is 4.90 Å². The number of aryl methyl sites for hydroxylation is 1. The van der Waals surface area contributed by atoms with Crippen LogP contribution in [0, 0.1) is 0 Å². The fraction of sp³-hybridized carbons (Fsp3) is 0.455. The van der Waals surface area contributed by atoms with Gasteiger partial charge >= 0.3 is 0 Å². The first kappa shape index (κ1) is 10.2. The van der Waals surface area contributed by atoms with Crippen molar-refractivity contribution >= 4 is 23.4 Å². The molecule has 14 heavy (non-hydrogen) atoms. The number of rotatable bonds is 2. The Morgan fingerprint density at radius 1 is 1.50 bits per heavy atom. The van der Waals surface area contributed by atoms with E-state index in [1.807, 2.05) is 24.8 Å². The molecule has 0 saturated heterocycles. The Hall–Kier alpha value is -0.340. The Morgan fingerprint density at radius 2 is 2.36 bits per heavy atom. The van der Waals surface area contributed by atoms with E-state index in [2.05, 4.69) is 6.07 Å². The maximum Gasteiger partial charge on any atom is 0.138 e. The molecule has 0 spiro atoms. The van der Waals surface area contributed by atoms with E-state index in [4.69, 9.17) is 16.3 Å². The molecule has 0 bridgehead atoms. The van der Waals surface area contributed by atoms with Gasteiger partial charge in [0.15, 0.2) is 0 Å². The number of hydrogen-bond acceptors (Lipinski definition) is 2. The van der Waals surface area contributed by atoms with Crippen molar-refractivity contribution < 1.29 is 4.74 Å². The maximum absolute atomic E-state index is 6.11. The Labute approximate surface area is 93.8 Å². The molecule has 1 aliphatic rings. The van der Waals surface area contributed by atoms with Crippen LogP contribution in [0.1, 0.15) is 18.9 Å². The monoisotopic (exact) mass is 228 g/mol. The van der Waals surface area contributed by atoms with Crippen LogP contribution in [0.3, 0.4) is 0 Å². The Kier molecular flexibility index (Phi) is 3.24. The third-order valence-electron chi connectivity index (χ3n) is 2.26. The third kappa shape index (κ3) is 2.01. The molecular weight excluding hydrogens is 216 g/mol. The summed E-state index contributed by atoms with van der Waals surface area (Å²) < 4.78 is 5.46. The van der Waals surface area contributed by atoms with Crippen LogP contribution in [0.2, 0.25) is 5.02 Å². The van der Waals surface area contributed by atoms with Gasteiger partial charge < -0.3 is 4.74 Å². The Bertz CT molecular complexity index is 338. The second kappa shape index (κ2) is 4.45. The van der Waals surface area contributed by atoms with E-state index >= 15 is 0 Å². The van der Waals surface area contributed by atoms with Crippen LogP contribution in [-0.4, -0.2) is 12.4 Å². The molecule has 3 heteroatoms.